The number of halogens is 1. The minimum absolute atomic E-state index is 0.00571. The summed E-state index contributed by atoms with van der Waals surface area (Å²) < 4.78 is 47.6. The van der Waals surface area contributed by atoms with E-state index in [1.54, 1.807) is 24.3 Å². The summed E-state index contributed by atoms with van der Waals surface area (Å²) in [6.07, 6.45) is 7.11. The van der Waals surface area contributed by atoms with Gasteiger partial charge in [-0.3, -0.25) is 10.1 Å². The van der Waals surface area contributed by atoms with Crippen LogP contribution in [-0.2, 0) is 14.8 Å². The van der Waals surface area contributed by atoms with Gasteiger partial charge in [0, 0.05) is 12.6 Å². The largest absolute Gasteiger partial charge is 0.490 e. The van der Waals surface area contributed by atoms with Gasteiger partial charge >= 0.3 is 6.03 Å². The maximum Gasteiger partial charge on any atom is 0.324 e. The van der Waals surface area contributed by atoms with Crippen LogP contribution >= 0.6 is 0 Å². The number of urea groups is 1. The van der Waals surface area contributed by atoms with Crippen molar-refractivity contribution in [1.29, 1.82) is 0 Å². The van der Waals surface area contributed by atoms with Crippen LogP contribution in [0.2, 0.25) is 0 Å². The molecule has 2 aliphatic rings. The first-order chi connectivity index (χ1) is 15.3. The van der Waals surface area contributed by atoms with E-state index in [0.717, 1.165) is 19.3 Å². The first-order valence-corrected chi connectivity index (χ1v) is 12.6. The number of hydrogen-bond acceptors (Lipinski definition) is 5. The number of nitrogens with zero attached hydrogens (tertiary/aromatic N) is 1. The van der Waals surface area contributed by atoms with E-state index in [-0.39, 0.29) is 36.9 Å². The van der Waals surface area contributed by atoms with Crippen molar-refractivity contribution in [1.82, 2.24) is 14.9 Å². The van der Waals surface area contributed by atoms with Gasteiger partial charge in [-0.2, -0.15) is 0 Å². The summed E-state index contributed by atoms with van der Waals surface area (Å²) in [7, 11) is -3.59. The number of benzene rings is 1. The Morgan fingerprint density at radius 3 is 2.75 bits per heavy atom. The zero-order chi connectivity index (χ0) is 23.1. The monoisotopic (exact) mass is 467 g/mol. The van der Waals surface area contributed by atoms with Crippen molar-refractivity contribution in [3.8, 4) is 5.75 Å². The Morgan fingerprint density at radius 1 is 1.31 bits per heavy atom. The lowest BCUT2D eigenvalue weighted by atomic mass is 10.0. The molecule has 1 aromatic carbocycles. The van der Waals surface area contributed by atoms with Gasteiger partial charge in [0.25, 0.3) is 0 Å². The summed E-state index contributed by atoms with van der Waals surface area (Å²) in [5.41, 5.74) is 0.669. The van der Waals surface area contributed by atoms with Crippen LogP contribution in [0, 0.1) is 11.7 Å². The van der Waals surface area contributed by atoms with Crippen LogP contribution in [0.3, 0.4) is 0 Å². The van der Waals surface area contributed by atoms with Gasteiger partial charge in [0.1, 0.15) is 6.54 Å². The van der Waals surface area contributed by atoms with E-state index in [2.05, 4.69) is 10.0 Å². The molecule has 3 amide bonds. The molecule has 1 atom stereocenters. The second-order valence-corrected chi connectivity index (χ2v) is 10.1. The van der Waals surface area contributed by atoms with E-state index in [1.165, 1.54) is 11.0 Å². The van der Waals surface area contributed by atoms with Crippen molar-refractivity contribution in [3.63, 3.8) is 0 Å². The Balaban J connectivity index is 1.54. The van der Waals surface area contributed by atoms with Crippen molar-refractivity contribution >= 4 is 22.0 Å². The fourth-order valence-corrected chi connectivity index (χ4v) is 4.62. The molecule has 1 heterocycles. The maximum atomic E-state index is 14.1. The number of imide groups is 1. The van der Waals surface area contributed by atoms with Crippen molar-refractivity contribution in [2.24, 2.45) is 5.92 Å². The molecule has 1 aliphatic carbocycles. The third kappa shape index (κ3) is 7.30. The molecule has 3 rings (SSSR count). The SMILES string of the molecule is CCC[C@@H](NS(=O)(=O)CC/C=C/CN1CC(=O)NC1=O)c1ccc(F)c(OCC2CC2)c1. The lowest BCUT2D eigenvalue weighted by molar-refractivity contribution is -0.118. The third-order valence-electron chi connectivity index (χ3n) is 5.34. The highest BCUT2D eigenvalue weighted by Crippen LogP contribution is 2.31. The van der Waals surface area contributed by atoms with Gasteiger partial charge < -0.3 is 9.64 Å². The first kappa shape index (κ1) is 24.2. The molecule has 1 saturated carbocycles. The molecule has 0 unspecified atom stereocenters. The van der Waals surface area contributed by atoms with Crippen molar-refractivity contribution in [2.45, 2.75) is 45.1 Å². The first-order valence-electron chi connectivity index (χ1n) is 10.9. The second kappa shape index (κ2) is 10.9. The van der Waals surface area contributed by atoms with E-state index in [0.29, 0.717) is 24.5 Å². The molecule has 0 radical (unpaired) electrons. The fourth-order valence-electron chi connectivity index (χ4n) is 3.37. The molecular formula is C22H30FN3O5S. The summed E-state index contributed by atoms with van der Waals surface area (Å²) in [5, 5.41) is 2.18. The fraction of sp³-hybridized carbons (Fsp3) is 0.545. The minimum Gasteiger partial charge on any atom is -0.490 e. The highest BCUT2D eigenvalue weighted by atomic mass is 32.2. The highest BCUT2D eigenvalue weighted by molar-refractivity contribution is 7.89. The average molecular weight is 468 g/mol. The summed E-state index contributed by atoms with van der Waals surface area (Å²) >= 11 is 0. The molecule has 0 bridgehead atoms. The number of ether oxygens (including phenoxy) is 1. The van der Waals surface area contributed by atoms with Gasteiger partial charge in [-0.15, -0.1) is 0 Å². The summed E-state index contributed by atoms with van der Waals surface area (Å²) in [4.78, 5) is 24.0. The standard InChI is InChI=1S/C22H30FN3O5S/c1-2-6-19(17-9-10-18(23)20(13-17)31-15-16-7-8-16)25-32(29,30)12-5-3-4-11-26-14-21(27)24-22(26)28/h3-4,9-10,13,16,19,25H,2,5-8,11-12,14-15H2,1H3,(H,24,27,28)/b4-3+/t19-/m1/s1. The van der Waals surface area contributed by atoms with Crippen molar-refractivity contribution in [2.75, 3.05) is 25.4 Å². The molecule has 0 spiro atoms. The molecule has 1 saturated heterocycles. The maximum absolute atomic E-state index is 14.1. The average Bonchev–Trinajstić information content (AvgIpc) is 3.50. The van der Waals surface area contributed by atoms with Gasteiger partial charge in [-0.25, -0.2) is 22.3 Å². The molecule has 2 N–H and O–H groups in total. The van der Waals surface area contributed by atoms with Crippen molar-refractivity contribution in [3.05, 3.63) is 41.7 Å². The lowest BCUT2D eigenvalue weighted by Gasteiger charge is -2.19. The third-order valence-corrected chi connectivity index (χ3v) is 6.76. The minimum atomic E-state index is -3.59. The van der Waals surface area contributed by atoms with Gasteiger partial charge in [0.05, 0.1) is 12.4 Å². The summed E-state index contributed by atoms with van der Waals surface area (Å²) in [5.74, 6) is -0.287. The molecule has 176 valence electrons. The number of hydrogen-bond donors (Lipinski definition) is 2. The smallest absolute Gasteiger partial charge is 0.324 e. The Bertz CT molecular complexity index is 962. The van der Waals surface area contributed by atoms with Crippen LogP contribution in [0.25, 0.3) is 0 Å². The Labute approximate surface area is 188 Å². The Morgan fingerprint density at radius 2 is 2.09 bits per heavy atom. The number of rotatable bonds is 13. The van der Waals surface area contributed by atoms with Gasteiger partial charge in [0.2, 0.25) is 15.9 Å². The van der Waals surface area contributed by atoms with Crippen LogP contribution in [0.1, 0.15) is 50.6 Å². The van der Waals surface area contributed by atoms with Gasteiger partial charge in [0.15, 0.2) is 11.6 Å². The molecule has 2 fully saturated rings. The topological polar surface area (TPSA) is 105 Å². The van der Waals surface area contributed by atoms with Gasteiger partial charge in [-0.1, -0.05) is 31.6 Å². The van der Waals surface area contributed by atoms with Crippen LogP contribution in [0.15, 0.2) is 30.4 Å². The number of sulfonamides is 1. The zero-order valence-corrected chi connectivity index (χ0v) is 19.0. The van der Waals surface area contributed by atoms with Gasteiger partial charge in [-0.05, 0) is 49.3 Å². The molecule has 32 heavy (non-hydrogen) atoms. The number of carbonyl (C=O) groups is 2. The van der Waals surface area contributed by atoms with E-state index < -0.39 is 27.9 Å². The summed E-state index contributed by atoms with van der Waals surface area (Å²) in [6, 6.07) is 3.57. The van der Waals surface area contributed by atoms with Crippen LogP contribution in [0.4, 0.5) is 9.18 Å². The molecule has 0 aromatic heterocycles. The predicted octanol–water partition coefficient (Wildman–Crippen LogP) is 2.87. The molecule has 8 nitrogen and oxygen atoms in total. The zero-order valence-electron chi connectivity index (χ0n) is 18.2. The van der Waals surface area contributed by atoms with Crippen LogP contribution in [0.5, 0.6) is 5.75 Å². The number of nitrogens with one attached hydrogen (secondary N) is 2. The molecular weight excluding hydrogens is 437 g/mol. The quantitative estimate of drug-likeness (QED) is 0.343. The van der Waals surface area contributed by atoms with Crippen LogP contribution < -0.4 is 14.8 Å². The van der Waals surface area contributed by atoms with E-state index in [1.807, 2.05) is 6.92 Å². The second-order valence-electron chi connectivity index (χ2n) is 8.22. The highest BCUT2D eigenvalue weighted by Gasteiger charge is 2.25. The normalized spacial score (nSPS) is 17.8. The molecule has 1 aromatic rings. The Hall–Kier alpha value is -2.46. The van der Waals surface area contributed by atoms with E-state index in [4.69, 9.17) is 4.74 Å². The van der Waals surface area contributed by atoms with Crippen molar-refractivity contribution < 1.29 is 27.1 Å². The number of carbonyl (C=O) groups excluding carboxylic acids is 2. The lowest BCUT2D eigenvalue weighted by Crippen LogP contribution is -2.30. The predicted molar refractivity (Wildman–Crippen MR) is 118 cm³/mol. The summed E-state index contributed by atoms with van der Waals surface area (Å²) in [6.45, 7) is 2.68. The molecule has 1 aliphatic heterocycles. The Kier molecular flexibility index (Phi) is 8.25. The molecule has 10 heteroatoms. The van der Waals surface area contributed by atoms with E-state index in [9.17, 15) is 22.4 Å². The van der Waals surface area contributed by atoms with E-state index >= 15 is 0 Å². The van der Waals surface area contributed by atoms with Crippen LogP contribution in [-0.4, -0.2) is 50.7 Å². The number of allylic oxidation sites excluding steroid dienone is 1. The number of amides is 3.